The van der Waals surface area contributed by atoms with Crippen molar-refractivity contribution in [3.05, 3.63) is 59.4 Å². The molecule has 1 unspecified atom stereocenters. The molecule has 0 fully saturated rings. The third-order valence-electron chi connectivity index (χ3n) is 4.17. The zero-order chi connectivity index (χ0) is 14.5. The van der Waals surface area contributed by atoms with Gasteiger partial charge in [0.25, 0.3) is 0 Å². The second-order valence-corrected chi connectivity index (χ2v) is 5.51. The number of rotatable bonds is 5. The molecule has 3 heteroatoms. The Hall–Kier alpha value is -1.87. The summed E-state index contributed by atoms with van der Waals surface area (Å²) in [4.78, 5) is 4.57. The minimum Gasteiger partial charge on any atom is -0.496 e. The molecule has 1 aromatic carbocycles. The van der Waals surface area contributed by atoms with Crippen LogP contribution in [-0.4, -0.2) is 18.6 Å². The van der Waals surface area contributed by atoms with E-state index in [2.05, 4.69) is 28.5 Å². The van der Waals surface area contributed by atoms with Crippen LogP contribution in [0.2, 0.25) is 0 Å². The van der Waals surface area contributed by atoms with Crippen molar-refractivity contribution >= 4 is 0 Å². The fourth-order valence-corrected chi connectivity index (χ4v) is 3.10. The molecule has 0 amide bonds. The highest BCUT2D eigenvalue weighted by Crippen LogP contribution is 2.27. The van der Waals surface area contributed by atoms with E-state index in [0.29, 0.717) is 6.04 Å². The van der Waals surface area contributed by atoms with E-state index in [4.69, 9.17) is 4.74 Å². The summed E-state index contributed by atoms with van der Waals surface area (Å²) in [7, 11) is 1.73. The summed E-state index contributed by atoms with van der Waals surface area (Å²) < 4.78 is 5.40. The summed E-state index contributed by atoms with van der Waals surface area (Å²) in [6.07, 6.45) is 6.45. The maximum atomic E-state index is 5.40. The van der Waals surface area contributed by atoms with Crippen molar-refractivity contribution in [2.45, 2.75) is 31.7 Å². The molecule has 0 saturated heterocycles. The van der Waals surface area contributed by atoms with Gasteiger partial charge in [0.1, 0.15) is 5.75 Å². The maximum absolute atomic E-state index is 5.40. The van der Waals surface area contributed by atoms with Gasteiger partial charge < -0.3 is 10.1 Å². The van der Waals surface area contributed by atoms with Crippen LogP contribution in [-0.2, 0) is 12.8 Å². The lowest BCUT2D eigenvalue weighted by Crippen LogP contribution is -2.28. The average Bonchev–Trinajstić information content (AvgIpc) is 2.55. The monoisotopic (exact) mass is 282 g/mol. The van der Waals surface area contributed by atoms with Gasteiger partial charge in [0.2, 0.25) is 0 Å². The van der Waals surface area contributed by atoms with Gasteiger partial charge in [-0.3, -0.25) is 4.98 Å². The number of aryl methyl sites for hydroxylation is 1. The number of ether oxygens (including phenoxy) is 1. The highest BCUT2D eigenvalue weighted by Gasteiger charge is 2.20. The first kappa shape index (κ1) is 14.1. The summed E-state index contributed by atoms with van der Waals surface area (Å²) >= 11 is 0. The standard InChI is InChI=1S/C18H22N2O/c1-21-17-10-3-2-6-14(17)11-13-19-16-9-4-7-15-8-5-12-20-18(15)16/h2-3,5-6,8,10,12,16,19H,4,7,9,11,13H2,1H3. The molecule has 21 heavy (non-hydrogen) atoms. The van der Waals surface area contributed by atoms with Crippen LogP contribution in [0.15, 0.2) is 42.6 Å². The number of pyridine rings is 1. The first-order chi connectivity index (χ1) is 10.4. The van der Waals surface area contributed by atoms with E-state index in [-0.39, 0.29) is 0 Å². The van der Waals surface area contributed by atoms with Gasteiger partial charge in [-0.05, 0) is 55.5 Å². The molecule has 1 atom stereocenters. The Morgan fingerprint density at radius 3 is 3.05 bits per heavy atom. The number of benzene rings is 1. The van der Waals surface area contributed by atoms with Crippen molar-refractivity contribution in [3.8, 4) is 5.75 Å². The molecule has 3 rings (SSSR count). The van der Waals surface area contributed by atoms with Gasteiger partial charge >= 0.3 is 0 Å². The van der Waals surface area contributed by atoms with Gasteiger partial charge in [0.15, 0.2) is 0 Å². The van der Waals surface area contributed by atoms with Crippen LogP contribution < -0.4 is 10.1 Å². The Bertz CT molecular complexity index is 597. The predicted octanol–water partition coefficient (Wildman–Crippen LogP) is 3.30. The molecule has 0 spiro atoms. The van der Waals surface area contributed by atoms with Crippen LogP contribution in [0.3, 0.4) is 0 Å². The molecule has 2 aromatic rings. The summed E-state index contributed by atoms with van der Waals surface area (Å²) in [5.74, 6) is 0.974. The van der Waals surface area contributed by atoms with Crippen LogP contribution in [0, 0.1) is 0 Å². The molecule has 1 aliphatic rings. The highest BCUT2D eigenvalue weighted by atomic mass is 16.5. The maximum Gasteiger partial charge on any atom is 0.122 e. The Balaban J connectivity index is 1.61. The van der Waals surface area contributed by atoms with Crippen molar-refractivity contribution in [3.63, 3.8) is 0 Å². The summed E-state index contributed by atoms with van der Waals surface area (Å²) in [5.41, 5.74) is 3.90. The Kier molecular flexibility index (Phi) is 4.51. The van der Waals surface area contributed by atoms with Crippen molar-refractivity contribution in [2.24, 2.45) is 0 Å². The molecule has 1 N–H and O–H groups in total. The average molecular weight is 282 g/mol. The Morgan fingerprint density at radius 2 is 2.14 bits per heavy atom. The second kappa shape index (κ2) is 6.72. The largest absolute Gasteiger partial charge is 0.496 e. The molecule has 3 nitrogen and oxygen atoms in total. The van der Waals surface area contributed by atoms with E-state index < -0.39 is 0 Å². The number of para-hydroxylation sites is 1. The number of nitrogens with one attached hydrogen (secondary N) is 1. The van der Waals surface area contributed by atoms with Gasteiger partial charge in [-0.1, -0.05) is 24.3 Å². The number of methoxy groups -OCH3 is 1. The Labute approximate surface area is 126 Å². The molecule has 1 aliphatic carbocycles. The van der Waals surface area contributed by atoms with Crippen LogP contribution in [0.1, 0.15) is 35.7 Å². The van der Waals surface area contributed by atoms with E-state index in [1.54, 1.807) is 7.11 Å². The summed E-state index contributed by atoms with van der Waals surface area (Å²) in [6, 6.07) is 12.9. The first-order valence-corrected chi connectivity index (χ1v) is 7.67. The molecule has 110 valence electrons. The molecule has 0 saturated carbocycles. The highest BCUT2D eigenvalue weighted by molar-refractivity contribution is 5.33. The topological polar surface area (TPSA) is 34.1 Å². The lowest BCUT2D eigenvalue weighted by atomic mass is 9.92. The minimum atomic E-state index is 0.393. The van der Waals surface area contributed by atoms with Gasteiger partial charge in [-0.15, -0.1) is 0 Å². The lowest BCUT2D eigenvalue weighted by molar-refractivity contribution is 0.406. The van der Waals surface area contributed by atoms with Crippen molar-refractivity contribution < 1.29 is 4.74 Å². The second-order valence-electron chi connectivity index (χ2n) is 5.51. The van der Waals surface area contributed by atoms with E-state index in [1.165, 1.54) is 29.7 Å². The molecule has 1 aromatic heterocycles. The lowest BCUT2D eigenvalue weighted by Gasteiger charge is -2.25. The van der Waals surface area contributed by atoms with Crippen LogP contribution >= 0.6 is 0 Å². The smallest absolute Gasteiger partial charge is 0.122 e. The molecule has 0 bridgehead atoms. The molecular weight excluding hydrogens is 260 g/mol. The third-order valence-corrected chi connectivity index (χ3v) is 4.17. The first-order valence-electron chi connectivity index (χ1n) is 7.67. The zero-order valence-electron chi connectivity index (χ0n) is 12.5. The van der Waals surface area contributed by atoms with Gasteiger partial charge in [0.05, 0.1) is 12.8 Å². The van der Waals surface area contributed by atoms with E-state index in [0.717, 1.165) is 25.1 Å². The Morgan fingerprint density at radius 1 is 1.24 bits per heavy atom. The van der Waals surface area contributed by atoms with Crippen molar-refractivity contribution in [1.29, 1.82) is 0 Å². The minimum absolute atomic E-state index is 0.393. The number of hydrogen-bond acceptors (Lipinski definition) is 3. The van der Waals surface area contributed by atoms with Crippen molar-refractivity contribution in [1.82, 2.24) is 10.3 Å². The molecular formula is C18H22N2O. The third kappa shape index (κ3) is 3.24. The van der Waals surface area contributed by atoms with Crippen LogP contribution in [0.25, 0.3) is 0 Å². The molecule has 0 aliphatic heterocycles. The predicted molar refractivity (Wildman–Crippen MR) is 84.6 cm³/mol. The van der Waals surface area contributed by atoms with Crippen molar-refractivity contribution in [2.75, 3.05) is 13.7 Å². The number of aromatic nitrogens is 1. The molecule has 1 heterocycles. The number of nitrogens with zero attached hydrogens (tertiary/aromatic N) is 1. The number of fused-ring (bicyclic) bond motifs is 1. The van der Waals surface area contributed by atoms with E-state index >= 15 is 0 Å². The summed E-state index contributed by atoms with van der Waals surface area (Å²) in [5, 5.41) is 3.66. The normalized spacial score (nSPS) is 17.3. The molecule has 0 radical (unpaired) electrons. The van der Waals surface area contributed by atoms with E-state index in [9.17, 15) is 0 Å². The quantitative estimate of drug-likeness (QED) is 0.913. The fraction of sp³-hybridized carbons (Fsp3) is 0.389. The van der Waals surface area contributed by atoms with Gasteiger partial charge in [-0.25, -0.2) is 0 Å². The number of hydrogen-bond donors (Lipinski definition) is 1. The van der Waals surface area contributed by atoms with Crippen LogP contribution in [0.4, 0.5) is 0 Å². The van der Waals surface area contributed by atoms with Gasteiger partial charge in [0, 0.05) is 12.2 Å². The zero-order valence-corrected chi connectivity index (χ0v) is 12.5. The van der Waals surface area contributed by atoms with E-state index in [1.807, 2.05) is 24.4 Å². The van der Waals surface area contributed by atoms with Gasteiger partial charge in [-0.2, -0.15) is 0 Å². The summed E-state index contributed by atoms with van der Waals surface area (Å²) in [6.45, 7) is 0.945. The van der Waals surface area contributed by atoms with Crippen LogP contribution in [0.5, 0.6) is 5.75 Å². The fourth-order valence-electron chi connectivity index (χ4n) is 3.10. The SMILES string of the molecule is COc1ccccc1CCNC1CCCc2cccnc21.